The highest BCUT2D eigenvalue weighted by Gasteiger charge is 2.17. The summed E-state index contributed by atoms with van der Waals surface area (Å²) in [5.74, 6) is -0.854. The maximum atomic E-state index is 11.2. The van der Waals surface area contributed by atoms with E-state index >= 15 is 0 Å². The van der Waals surface area contributed by atoms with Crippen molar-refractivity contribution in [1.29, 1.82) is 0 Å². The molecule has 0 amide bonds. The van der Waals surface area contributed by atoms with Gasteiger partial charge in [-0.3, -0.25) is 4.79 Å². The van der Waals surface area contributed by atoms with Crippen molar-refractivity contribution in [2.24, 2.45) is 0 Å². The van der Waals surface area contributed by atoms with Crippen molar-refractivity contribution in [1.82, 2.24) is 10.2 Å². The second kappa shape index (κ2) is 4.81. The Morgan fingerprint density at radius 1 is 1.26 bits per heavy atom. The SMILES string of the molecule is CS(=O)(=O)c1nnc(-c2ccc(CC(=O)O)cc2)o1. The van der Waals surface area contributed by atoms with Crippen LogP contribution >= 0.6 is 0 Å². The number of carboxylic acid groups (broad SMARTS) is 1. The molecule has 8 heteroatoms. The van der Waals surface area contributed by atoms with Gasteiger partial charge in [0, 0.05) is 11.8 Å². The summed E-state index contributed by atoms with van der Waals surface area (Å²) in [6.45, 7) is 0. The van der Waals surface area contributed by atoms with Crippen LogP contribution in [-0.4, -0.2) is 35.9 Å². The summed E-state index contributed by atoms with van der Waals surface area (Å²) in [6, 6.07) is 6.40. The summed E-state index contributed by atoms with van der Waals surface area (Å²) in [6.07, 6.45) is 0.888. The van der Waals surface area contributed by atoms with Crippen molar-refractivity contribution in [2.75, 3.05) is 6.26 Å². The van der Waals surface area contributed by atoms with Crippen molar-refractivity contribution in [3.63, 3.8) is 0 Å². The van der Waals surface area contributed by atoms with Crippen molar-refractivity contribution < 1.29 is 22.7 Å². The van der Waals surface area contributed by atoms with Crippen LogP contribution in [0.5, 0.6) is 0 Å². The first kappa shape index (κ1) is 13.2. The zero-order valence-electron chi connectivity index (χ0n) is 9.90. The van der Waals surface area contributed by atoms with Crippen LogP contribution < -0.4 is 0 Å². The fourth-order valence-electron chi connectivity index (χ4n) is 1.42. The molecular weight excluding hydrogens is 272 g/mol. The van der Waals surface area contributed by atoms with Gasteiger partial charge in [0.1, 0.15) is 0 Å². The fraction of sp³-hybridized carbons (Fsp3) is 0.182. The molecule has 1 heterocycles. The Balaban J connectivity index is 2.28. The fourth-order valence-corrected chi connectivity index (χ4v) is 1.84. The molecule has 0 unspecified atom stereocenters. The van der Waals surface area contributed by atoms with E-state index in [0.717, 1.165) is 6.26 Å². The van der Waals surface area contributed by atoms with Crippen molar-refractivity contribution in [2.45, 2.75) is 11.6 Å². The molecular formula is C11H10N2O5S. The van der Waals surface area contributed by atoms with E-state index in [9.17, 15) is 13.2 Å². The first-order valence-electron chi connectivity index (χ1n) is 5.21. The van der Waals surface area contributed by atoms with Gasteiger partial charge >= 0.3 is 11.2 Å². The molecule has 0 spiro atoms. The molecule has 0 saturated heterocycles. The van der Waals surface area contributed by atoms with Gasteiger partial charge in [-0.05, 0) is 17.7 Å². The van der Waals surface area contributed by atoms with Crippen molar-refractivity contribution in [3.05, 3.63) is 29.8 Å². The predicted molar refractivity (Wildman–Crippen MR) is 64.2 cm³/mol. The van der Waals surface area contributed by atoms with Crippen LogP contribution in [0, 0.1) is 0 Å². The minimum absolute atomic E-state index is 0.0716. The number of aliphatic carboxylic acids is 1. The summed E-state index contributed by atoms with van der Waals surface area (Å²) >= 11 is 0. The van der Waals surface area contributed by atoms with E-state index in [4.69, 9.17) is 9.52 Å². The predicted octanol–water partition coefficient (Wildman–Crippen LogP) is 0.767. The minimum atomic E-state index is -3.53. The van der Waals surface area contributed by atoms with Gasteiger partial charge in [-0.1, -0.05) is 17.2 Å². The highest BCUT2D eigenvalue weighted by molar-refractivity contribution is 7.90. The molecule has 1 aromatic carbocycles. The van der Waals surface area contributed by atoms with Gasteiger partial charge in [-0.25, -0.2) is 8.42 Å². The molecule has 7 nitrogen and oxygen atoms in total. The van der Waals surface area contributed by atoms with Crippen LogP contribution in [0.25, 0.3) is 11.5 Å². The Hall–Kier alpha value is -2.22. The largest absolute Gasteiger partial charge is 0.481 e. The molecule has 0 radical (unpaired) electrons. The Morgan fingerprint density at radius 2 is 1.89 bits per heavy atom. The summed E-state index contributed by atoms with van der Waals surface area (Å²) in [5, 5.41) is 15.3. The van der Waals surface area contributed by atoms with Gasteiger partial charge in [0.2, 0.25) is 15.7 Å². The molecule has 100 valence electrons. The highest BCUT2D eigenvalue weighted by Crippen LogP contribution is 2.20. The number of sulfone groups is 1. The molecule has 19 heavy (non-hydrogen) atoms. The second-order valence-electron chi connectivity index (χ2n) is 3.91. The van der Waals surface area contributed by atoms with Gasteiger partial charge in [-0.2, -0.15) is 0 Å². The molecule has 0 aliphatic rings. The highest BCUT2D eigenvalue weighted by atomic mass is 32.2. The Morgan fingerprint density at radius 3 is 2.37 bits per heavy atom. The molecule has 1 aromatic heterocycles. The molecule has 2 aromatic rings. The van der Waals surface area contributed by atoms with Crippen molar-refractivity contribution >= 4 is 15.8 Å². The van der Waals surface area contributed by atoms with Crippen LogP contribution in [0.2, 0.25) is 0 Å². The van der Waals surface area contributed by atoms with Gasteiger partial charge in [0.05, 0.1) is 6.42 Å². The number of aromatic nitrogens is 2. The van der Waals surface area contributed by atoms with Gasteiger partial charge in [0.15, 0.2) is 0 Å². The molecule has 0 aliphatic carbocycles. The van der Waals surface area contributed by atoms with Crippen LogP contribution in [-0.2, 0) is 21.1 Å². The quantitative estimate of drug-likeness (QED) is 0.881. The number of hydrogen-bond donors (Lipinski definition) is 1. The summed E-state index contributed by atoms with van der Waals surface area (Å²) in [5.41, 5.74) is 1.15. The van der Waals surface area contributed by atoms with Gasteiger partial charge in [-0.15, -0.1) is 5.10 Å². The zero-order valence-corrected chi connectivity index (χ0v) is 10.7. The first-order chi connectivity index (χ1) is 8.86. The molecule has 0 saturated carbocycles. The molecule has 0 aliphatic heterocycles. The number of carbonyl (C=O) groups is 1. The van der Waals surface area contributed by atoms with Crippen LogP contribution in [0.15, 0.2) is 33.9 Å². The number of benzene rings is 1. The lowest BCUT2D eigenvalue weighted by atomic mass is 10.1. The van der Waals surface area contributed by atoms with E-state index in [1.54, 1.807) is 24.3 Å². The third-order valence-corrected chi connectivity index (χ3v) is 3.08. The number of rotatable bonds is 4. The smallest absolute Gasteiger partial charge is 0.335 e. The summed E-state index contributed by atoms with van der Waals surface area (Å²) < 4.78 is 27.4. The lowest BCUT2D eigenvalue weighted by molar-refractivity contribution is -0.136. The average Bonchev–Trinajstić information content (AvgIpc) is 2.78. The van der Waals surface area contributed by atoms with E-state index in [0.29, 0.717) is 11.1 Å². The molecule has 0 bridgehead atoms. The van der Waals surface area contributed by atoms with E-state index in [1.807, 2.05) is 0 Å². The summed E-state index contributed by atoms with van der Waals surface area (Å²) in [4.78, 5) is 10.5. The van der Waals surface area contributed by atoms with Crippen molar-refractivity contribution in [3.8, 4) is 11.5 Å². The van der Waals surface area contributed by atoms with Crippen LogP contribution in [0.3, 0.4) is 0 Å². The van der Waals surface area contributed by atoms with E-state index in [2.05, 4.69) is 10.2 Å². The topological polar surface area (TPSA) is 110 Å². The molecule has 1 N–H and O–H groups in total. The van der Waals surface area contributed by atoms with Crippen LogP contribution in [0.1, 0.15) is 5.56 Å². The average molecular weight is 282 g/mol. The third kappa shape index (κ3) is 3.16. The third-order valence-electron chi connectivity index (χ3n) is 2.28. The number of carboxylic acids is 1. The van der Waals surface area contributed by atoms with E-state index < -0.39 is 21.0 Å². The second-order valence-corrected chi connectivity index (χ2v) is 5.81. The van der Waals surface area contributed by atoms with Crippen LogP contribution in [0.4, 0.5) is 0 Å². The van der Waals surface area contributed by atoms with E-state index in [-0.39, 0.29) is 12.3 Å². The lowest BCUT2D eigenvalue weighted by Gasteiger charge is -1.98. The van der Waals surface area contributed by atoms with Gasteiger partial charge < -0.3 is 9.52 Å². The standard InChI is InChI=1S/C11H10N2O5S/c1-19(16,17)11-13-12-10(18-11)8-4-2-7(3-5-8)6-9(14)15/h2-5H,6H2,1H3,(H,14,15). The Kier molecular flexibility index (Phi) is 3.34. The molecule has 0 fully saturated rings. The minimum Gasteiger partial charge on any atom is -0.481 e. The maximum absolute atomic E-state index is 11.2. The lowest BCUT2D eigenvalue weighted by Crippen LogP contribution is -1.99. The molecule has 0 atom stereocenters. The first-order valence-corrected chi connectivity index (χ1v) is 7.10. The summed E-state index contributed by atoms with van der Waals surface area (Å²) in [7, 11) is -3.53. The Bertz CT molecular complexity index is 703. The molecule has 2 rings (SSSR count). The number of hydrogen-bond acceptors (Lipinski definition) is 6. The van der Waals surface area contributed by atoms with Gasteiger partial charge in [0.25, 0.3) is 0 Å². The number of nitrogens with zero attached hydrogens (tertiary/aromatic N) is 2. The Labute approximate surface area is 108 Å². The normalized spacial score (nSPS) is 11.4. The zero-order chi connectivity index (χ0) is 14.0. The maximum Gasteiger partial charge on any atom is 0.335 e. The monoisotopic (exact) mass is 282 g/mol. The van der Waals surface area contributed by atoms with E-state index in [1.165, 1.54) is 0 Å².